The molecule has 0 aromatic heterocycles. The number of anilines is 1. The Kier molecular flexibility index (Phi) is 7.01. The third-order valence-electron chi connectivity index (χ3n) is 3.09. The largest absolute Gasteiger partial charge is 0.464 e. The summed E-state index contributed by atoms with van der Waals surface area (Å²) in [7, 11) is 0. The summed E-state index contributed by atoms with van der Waals surface area (Å²) < 4.78 is 5.04. The van der Waals surface area contributed by atoms with Gasteiger partial charge in [-0.3, -0.25) is 0 Å². The molecule has 3 nitrogen and oxygen atoms in total. The van der Waals surface area contributed by atoms with E-state index in [1.54, 1.807) is 0 Å². The molecule has 0 aliphatic rings. The van der Waals surface area contributed by atoms with Gasteiger partial charge in [-0.25, -0.2) is 4.79 Å². The summed E-state index contributed by atoms with van der Waals surface area (Å²) in [5.41, 5.74) is 2.32. The summed E-state index contributed by atoms with van der Waals surface area (Å²) in [5, 5.41) is 3.22. The number of ether oxygens (including phenoxy) is 1. The van der Waals surface area contributed by atoms with Crippen molar-refractivity contribution < 1.29 is 9.53 Å². The fourth-order valence-corrected chi connectivity index (χ4v) is 1.92. The average Bonchev–Trinajstić information content (AvgIpc) is 2.44. The fourth-order valence-electron chi connectivity index (χ4n) is 1.92. The van der Waals surface area contributed by atoms with Crippen LogP contribution in [-0.2, 0) is 16.0 Å². The van der Waals surface area contributed by atoms with Gasteiger partial charge in [-0.15, -0.1) is 0 Å². The Morgan fingerprint density at radius 3 is 2.42 bits per heavy atom. The van der Waals surface area contributed by atoms with Gasteiger partial charge in [0.2, 0.25) is 0 Å². The van der Waals surface area contributed by atoms with Crippen molar-refractivity contribution in [2.24, 2.45) is 0 Å². The molecule has 0 amide bonds. The van der Waals surface area contributed by atoms with Crippen LogP contribution in [0.5, 0.6) is 0 Å². The number of benzene rings is 1. The van der Waals surface area contributed by atoms with E-state index < -0.39 is 0 Å². The van der Waals surface area contributed by atoms with Crippen molar-refractivity contribution in [3.63, 3.8) is 0 Å². The third kappa shape index (κ3) is 5.33. The smallest absolute Gasteiger partial charge is 0.328 e. The number of rotatable bonds is 8. The van der Waals surface area contributed by atoms with Crippen LogP contribution in [0.1, 0.15) is 45.6 Å². The Labute approximate surface area is 116 Å². The topological polar surface area (TPSA) is 38.3 Å². The molecule has 1 N–H and O–H groups in total. The van der Waals surface area contributed by atoms with E-state index in [-0.39, 0.29) is 12.0 Å². The minimum atomic E-state index is -0.263. The summed E-state index contributed by atoms with van der Waals surface area (Å²) in [6, 6.07) is 8.05. The molecule has 1 aromatic carbocycles. The van der Waals surface area contributed by atoms with Crippen LogP contribution >= 0.6 is 0 Å². The molecule has 0 aliphatic carbocycles. The third-order valence-corrected chi connectivity index (χ3v) is 3.09. The van der Waals surface area contributed by atoms with Crippen LogP contribution in [-0.4, -0.2) is 18.6 Å². The molecule has 0 aliphatic heterocycles. The Balaban J connectivity index is 2.57. The summed E-state index contributed by atoms with van der Waals surface area (Å²) in [6.07, 6.45) is 4.26. The van der Waals surface area contributed by atoms with E-state index in [0.717, 1.165) is 18.5 Å². The van der Waals surface area contributed by atoms with Gasteiger partial charge in [-0.05, 0) is 43.9 Å². The molecule has 0 saturated heterocycles. The zero-order chi connectivity index (χ0) is 14.1. The van der Waals surface area contributed by atoms with Gasteiger partial charge in [-0.2, -0.15) is 0 Å². The van der Waals surface area contributed by atoms with E-state index in [9.17, 15) is 4.79 Å². The van der Waals surface area contributed by atoms with Crippen LogP contribution in [0.15, 0.2) is 24.3 Å². The normalized spacial score (nSPS) is 11.9. The quantitative estimate of drug-likeness (QED) is 0.725. The second-order valence-corrected chi connectivity index (χ2v) is 4.66. The molecule has 0 heterocycles. The monoisotopic (exact) mass is 263 g/mol. The molecule has 1 atom stereocenters. The molecule has 0 saturated carbocycles. The predicted octanol–water partition coefficient (Wildman–Crippen LogP) is 3.78. The lowest BCUT2D eigenvalue weighted by atomic mass is 10.1. The number of aryl methyl sites for hydroxylation is 1. The number of carbonyl (C=O) groups is 1. The van der Waals surface area contributed by atoms with Gasteiger partial charge in [0.05, 0.1) is 6.61 Å². The maximum atomic E-state index is 11.7. The maximum absolute atomic E-state index is 11.7. The van der Waals surface area contributed by atoms with Crippen LogP contribution in [0.2, 0.25) is 0 Å². The number of nitrogens with one attached hydrogen (secondary N) is 1. The van der Waals surface area contributed by atoms with Crippen molar-refractivity contribution in [2.45, 2.75) is 52.5 Å². The van der Waals surface area contributed by atoms with E-state index in [1.165, 1.54) is 18.4 Å². The van der Waals surface area contributed by atoms with Crippen molar-refractivity contribution in [1.29, 1.82) is 0 Å². The fraction of sp³-hybridized carbons (Fsp3) is 0.562. The zero-order valence-corrected chi connectivity index (χ0v) is 12.2. The highest BCUT2D eigenvalue weighted by Gasteiger charge is 2.16. The van der Waals surface area contributed by atoms with Crippen LogP contribution in [0, 0.1) is 0 Å². The summed E-state index contributed by atoms with van der Waals surface area (Å²) in [4.78, 5) is 11.7. The van der Waals surface area contributed by atoms with E-state index in [0.29, 0.717) is 6.61 Å². The van der Waals surface area contributed by atoms with Gasteiger partial charge < -0.3 is 10.1 Å². The van der Waals surface area contributed by atoms with E-state index in [2.05, 4.69) is 24.4 Å². The molecule has 0 spiro atoms. The molecule has 19 heavy (non-hydrogen) atoms. The highest BCUT2D eigenvalue weighted by atomic mass is 16.5. The van der Waals surface area contributed by atoms with Gasteiger partial charge in [0.1, 0.15) is 6.04 Å². The highest BCUT2D eigenvalue weighted by Crippen LogP contribution is 2.14. The summed E-state index contributed by atoms with van der Waals surface area (Å²) in [6.45, 7) is 6.42. The number of hydrogen-bond acceptors (Lipinski definition) is 3. The van der Waals surface area contributed by atoms with Gasteiger partial charge in [0.15, 0.2) is 0 Å². The second kappa shape index (κ2) is 8.57. The van der Waals surface area contributed by atoms with Crippen molar-refractivity contribution in [3.8, 4) is 0 Å². The van der Waals surface area contributed by atoms with Crippen LogP contribution in [0.25, 0.3) is 0 Å². The lowest BCUT2D eigenvalue weighted by molar-refractivity contribution is -0.144. The summed E-state index contributed by atoms with van der Waals surface area (Å²) >= 11 is 0. The number of hydrogen-bond donors (Lipinski definition) is 1. The molecule has 1 rings (SSSR count). The standard InChI is InChI=1S/C16H25NO2/c1-4-7-8-13-9-11-14(12-10-13)17-15(5-2)16(18)19-6-3/h9-12,15,17H,4-8H2,1-3H3. The van der Waals surface area contributed by atoms with Gasteiger partial charge in [-0.1, -0.05) is 32.4 Å². The molecule has 0 bridgehead atoms. The second-order valence-electron chi connectivity index (χ2n) is 4.66. The lowest BCUT2D eigenvalue weighted by Gasteiger charge is -2.16. The lowest BCUT2D eigenvalue weighted by Crippen LogP contribution is -2.30. The van der Waals surface area contributed by atoms with Crippen molar-refractivity contribution >= 4 is 11.7 Å². The first-order chi connectivity index (χ1) is 9.21. The van der Waals surface area contributed by atoms with Gasteiger partial charge in [0.25, 0.3) is 0 Å². The number of unbranched alkanes of at least 4 members (excludes halogenated alkanes) is 1. The maximum Gasteiger partial charge on any atom is 0.328 e. The van der Waals surface area contributed by atoms with E-state index in [1.807, 2.05) is 26.0 Å². The number of carbonyl (C=O) groups excluding carboxylic acids is 1. The van der Waals surface area contributed by atoms with Crippen LogP contribution in [0.4, 0.5) is 5.69 Å². The van der Waals surface area contributed by atoms with Gasteiger partial charge >= 0.3 is 5.97 Å². The predicted molar refractivity (Wildman–Crippen MR) is 79.4 cm³/mol. The number of esters is 1. The van der Waals surface area contributed by atoms with E-state index in [4.69, 9.17) is 4.74 Å². The first-order valence-electron chi connectivity index (χ1n) is 7.23. The Hall–Kier alpha value is -1.51. The molecule has 0 fully saturated rings. The summed E-state index contributed by atoms with van der Waals surface area (Å²) in [5.74, 6) is -0.181. The molecular formula is C16H25NO2. The Morgan fingerprint density at radius 2 is 1.89 bits per heavy atom. The van der Waals surface area contributed by atoms with Crippen molar-refractivity contribution in [1.82, 2.24) is 0 Å². The van der Waals surface area contributed by atoms with Crippen molar-refractivity contribution in [3.05, 3.63) is 29.8 Å². The molecule has 3 heteroatoms. The SMILES string of the molecule is CCCCc1ccc(NC(CC)C(=O)OCC)cc1. The Bertz CT molecular complexity index is 373. The molecule has 1 aromatic rings. The van der Waals surface area contributed by atoms with E-state index >= 15 is 0 Å². The zero-order valence-electron chi connectivity index (χ0n) is 12.2. The first kappa shape index (κ1) is 15.5. The molecule has 106 valence electrons. The minimum Gasteiger partial charge on any atom is -0.464 e. The first-order valence-corrected chi connectivity index (χ1v) is 7.23. The molecule has 1 unspecified atom stereocenters. The van der Waals surface area contributed by atoms with Crippen molar-refractivity contribution in [2.75, 3.05) is 11.9 Å². The average molecular weight is 263 g/mol. The van der Waals surface area contributed by atoms with Gasteiger partial charge in [0, 0.05) is 5.69 Å². The molecular weight excluding hydrogens is 238 g/mol. The Morgan fingerprint density at radius 1 is 1.21 bits per heavy atom. The van der Waals surface area contributed by atoms with Crippen LogP contribution in [0.3, 0.4) is 0 Å². The van der Waals surface area contributed by atoms with Crippen LogP contribution < -0.4 is 5.32 Å². The highest BCUT2D eigenvalue weighted by molar-refractivity contribution is 5.79. The minimum absolute atomic E-state index is 0.181. The molecule has 0 radical (unpaired) electrons.